The number of nitriles is 1. The zero-order chi connectivity index (χ0) is 10.0. The van der Waals surface area contributed by atoms with Crippen molar-refractivity contribution in [2.24, 2.45) is 0 Å². The van der Waals surface area contributed by atoms with Crippen LogP contribution in [0, 0.1) is 18.3 Å². The molecule has 1 aromatic rings. The Morgan fingerprint density at radius 2 is 2.23 bits per heavy atom. The second-order valence-electron chi connectivity index (χ2n) is 2.67. The van der Waals surface area contributed by atoms with Crippen molar-refractivity contribution in [1.29, 1.82) is 5.26 Å². The Hall–Kier alpha value is -2.02. The van der Waals surface area contributed by atoms with Gasteiger partial charge in [0.1, 0.15) is 6.07 Å². The summed E-state index contributed by atoms with van der Waals surface area (Å²) in [6.07, 6.45) is 0. The first-order chi connectivity index (χ1) is 6.06. The quantitative estimate of drug-likeness (QED) is 0.628. The summed E-state index contributed by atoms with van der Waals surface area (Å²) in [5, 5.41) is 17.3. The maximum Gasteiger partial charge on any atom is 0.337 e. The van der Waals surface area contributed by atoms with Crippen LogP contribution in [-0.2, 0) is 0 Å². The highest BCUT2D eigenvalue weighted by Gasteiger charge is 2.11. The van der Waals surface area contributed by atoms with Gasteiger partial charge in [0.25, 0.3) is 0 Å². The van der Waals surface area contributed by atoms with E-state index in [1.54, 1.807) is 6.92 Å². The van der Waals surface area contributed by atoms with Crippen molar-refractivity contribution >= 4 is 11.7 Å². The summed E-state index contributed by atoms with van der Waals surface area (Å²) in [4.78, 5) is 10.6. The summed E-state index contributed by atoms with van der Waals surface area (Å²) in [7, 11) is 0. The lowest BCUT2D eigenvalue weighted by atomic mass is 10.0. The van der Waals surface area contributed by atoms with E-state index in [4.69, 9.17) is 16.1 Å². The highest BCUT2D eigenvalue weighted by Crippen LogP contribution is 2.17. The predicted octanol–water partition coefficient (Wildman–Crippen LogP) is 1.15. The first-order valence-electron chi connectivity index (χ1n) is 3.59. The van der Waals surface area contributed by atoms with Gasteiger partial charge in [0.05, 0.1) is 11.1 Å². The molecule has 0 aliphatic heterocycles. The molecule has 0 radical (unpaired) electrons. The average molecular weight is 176 g/mol. The third-order valence-corrected chi connectivity index (χ3v) is 1.76. The van der Waals surface area contributed by atoms with Gasteiger partial charge < -0.3 is 10.8 Å². The van der Waals surface area contributed by atoms with Crippen LogP contribution in [0.15, 0.2) is 12.1 Å². The van der Waals surface area contributed by atoms with Crippen molar-refractivity contribution in [2.75, 3.05) is 5.73 Å². The van der Waals surface area contributed by atoms with Crippen molar-refractivity contribution in [1.82, 2.24) is 0 Å². The molecule has 0 aliphatic rings. The van der Waals surface area contributed by atoms with Crippen LogP contribution in [0.2, 0.25) is 0 Å². The molecule has 0 saturated carbocycles. The Bertz CT molecular complexity index is 405. The fraction of sp³-hybridized carbons (Fsp3) is 0.111. The first-order valence-corrected chi connectivity index (χ1v) is 3.59. The lowest BCUT2D eigenvalue weighted by molar-refractivity contribution is 0.0696. The molecule has 0 aromatic heterocycles. The highest BCUT2D eigenvalue weighted by atomic mass is 16.4. The van der Waals surface area contributed by atoms with Gasteiger partial charge in [0.2, 0.25) is 0 Å². The van der Waals surface area contributed by atoms with Gasteiger partial charge in [-0.2, -0.15) is 5.26 Å². The Kier molecular flexibility index (Phi) is 2.20. The number of rotatable bonds is 1. The monoisotopic (exact) mass is 176 g/mol. The molecule has 0 amide bonds. The Balaban J connectivity index is 3.44. The van der Waals surface area contributed by atoms with Crippen LogP contribution >= 0.6 is 0 Å². The SMILES string of the molecule is Cc1cc(C#N)c(C(=O)O)cc1N. The number of aryl methyl sites for hydroxylation is 1. The maximum atomic E-state index is 10.6. The van der Waals surface area contributed by atoms with Gasteiger partial charge in [0, 0.05) is 5.69 Å². The Morgan fingerprint density at radius 1 is 1.62 bits per heavy atom. The molecule has 0 aliphatic carbocycles. The lowest BCUT2D eigenvalue weighted by Gasteiger charge is -2.03. The van der Waals surface area contributed by atoms with Crippen LogP contribution in [0.5, 0.6) is 0 Å². The number of nitrogens with two attached hydrogens (primary N) is 1. The van der Waals surface area contributed by atoms with E-state index >= 15 is 0 Å². The summed E-state index contributed by atoms with van der Waals surface area (Å²) in [6, 6.07) is 4.58. The summed E-state index contributed by atoms with van der Waals surface area (Å²) in [5.41, 5.74) is 6.69. The van der Waals surface area contributed by atoms with Gasteiger partial charge in [0.15, 0.2) is 0 Å². The van der Waals surface area contributed by atoms with E-state index in [-0.39, 0.29) is 11.1 Å². The van der Waals surface area contributed by atoms with Crippen LogP contribution in [0.4, 0.5) is 5.69 Å². The number of carboxylic acids is 1. The second kappa shape index (κ2) is 3.15. The van der Waals surface area contributed by atoms with E-state index in [9.17, 15) is 4.79 Å². The molecule has 4 heteroatoms. The van der Waals surface area contributed by atoms with Crippen LogP contribution < -0.4 is 5.73 Å². The number of carbonyl (C=O) groups is 1. The summed E-state index contributed by atoms with van der Waals surface area (Å²) in [5.74, 6) is -1.14. The molecule has 66 valence electrons. The minimum atomic E-state index is -1.14. The number of hydrogen-bond acceptors (Lipinski definition) is 3. The van der Waals surface area contributed by atoms with E-state index < -0.39 is 5.97 Å². The molecule has 4 nitrogen and oxygen atoms in total. The van der Waals surface area contributed by atoms with Crippen molar-refractivity contribution in [3.63, 3.8) is 0 Å². The van der Waals surface area contributed by atoms with Gasteiger partial charge >= 0.3 is 5.97 Å². The molecule has 1 aromatic carbocycles. The van der Waals surface area contributed by atoms with Gasteiger partial charge in [-0.3, -0.25) is 0 Å². The van der Waals surface area contributed by atoms with Gasteiger partial charge in [-0.05, 0) is 24.6 Å². The van der Waals surface area contributed by atoms with Gasteiger partial charge in [-0.25, -0.2) is 4.79 Å². The van der Waals surface area contributed by atoms with Crippen LogP contribution in [-0.4, -0.2) is 11.1 Å². The summed E-state index contributed by atoms with van der Waals surface area (Å²) >= 11 is 0. The fourth-order valence-corrected chi connectivity index (χ4v) is 0.994. The van der Waals surface area contributed by atoms with Crippen LogP contribution in [0.3, 0.4) is 0 Å². The van der Waals surface area contributed by atoms with E-state index in [2.05, 4.69) is 0 Å². The number of anilines is 1. The molecule has 0 spiro atoms. The number of nitrogen functional groups attached to an aromatic ring is 1. The molecule has 13 heavy (non-hydrogen) atoms. The van der Waals surface area contributed by atoms with Crippen molar-refractivity contribution in [3.05, 3.63) is 28.8 Å². The molecule has 0 bridgehead atoms. The third kappa shape index (κ3) is 1.59. The number of carboxylic acid groups (broad SMARTS) is 1. The molecule has 0 unspecified atom stereocenters. The number of hydrogen-bond donors (Lipinski definition) is 2. The largest absolute Gasteiger partial charge is 0.478 e. The summed E-state index contributed by atoms with van der Waals surface area (Å²) < 4.78 is 0. The maximum absolute atomic E-state index is 10.6. The molecule has 0 atom stereocenters. The minimum absolute atomic E-state index is 0.0504. The lowest BCUT2D eigenvalue weighted by Crippen LogP contribution is -2.03. The average Bonchev–Trinajstić information content (AvgIpc) is 2.08. The molecular formula is C9H8N2O2. The molecular weight excluding hydrogens is 168 g/mol. The van der Waals surface area contributed by atoms with E-state index in [0.717, 1.165) is 0 Å². The van der Waals surface area contributed by atoms with Gasteiger partial charge in [-0.1, -0.05) is 0 Å². The Morgan fingerprint density at radius 3 is 2.69 bits per heavy atom. The van der Waals surface area contributed by atoms with E-state index in [1.807, 2.05) is 6.07 Å². The first kappa shape index (κ1) is 9.07. The number of aromatic carboxylic acids is 1. The molecule has 0 heterocycles. The molecule has 3 N–H and O–H groups in total. The predicted molar refractivity (Wildman–Crippen MR) is 47.3 cm³/mol. The number of benzene rings is 1. The second-order valence-corrected chi connectivity index (χ2v) is 2.67. The zero-order valence-electron chi connectivity index (χ0n) is 7.03. The highest BCUT2D eigenvalue weighted by molar-refractivity contribution is 5.92. The third-order valence-electron chi connectivity index (χ3n) is 1.76. The van der Waals surface area contributed by atoms with Crippen LogP contribution in [0.25, 0.3) is 0 Å². The smallest absolute Gasteiger partial charge is 0.337 e. The van der Waals surface area contributed by atoms with Gasteiger partial charge in [-0.15, -0.1) is 0 Å². The standard InChI is InChI=1S/C9H8N2O2/c1-5-2-6(4-10)7(9(12)13)3-8(5)11/h2-3H,11H2,1H3,(H,12,13). The van der Waals surface area contributed by atoms with E-state index in [0.29, 0.717) is 11.3 Å². The minimum Gasteiger partial charge on any atom is -0.478 e. The molecule has 1 rings (SSSR count). The Labute approximate surface area is 75.2 Å². The summed E-state index contributed by atoms with van der Waals surface area (Å²) in [6.45, 7) is 1.72. The fourth-order valence-electron chi connectivity index (χ4n) is 0.994. The van der Waals surface area contributed by atoms with E-state index in [1.165, 1.54) is 12.1 Å². The van der Waals surface area contributed by atoms with Crippen molar-refractivity contribution in [3.8, 4) is 6.07 Å². The normalized spacial score (nSPS) is 9.23. The van der Waals surface area contributed by atoms with Crippen molar-refractivity contribution < 1.29 is 9.90 Å². The molecule has 0 fully saturated rings. The van der Waals surface area contributed by atoms with Crippen LogP contribution in [0.1, 0.15) is 21.5 Å². The number of nitrogens with zero attached hydrogens (tertiary/aromatic N) is 1. The van der Waals surface area contributed by atoms with Crippen molar-refractivity contribution in [2.45, 2.75) is 6.92 Å². The molecule has 0 saturated heterocycles. The topological polar surface area (TPSA) is 87.1 Å². The zero-order valence-corrected chi connectivity index (χ0v) is 7.03.